The zero-order valence-corrected chi connectivity index (χ0v) is 15.9. The summed E-state index contributed by atoms with van der Waals surface area (Å²) in [5, 5.41) is 0.159. The molecule has 23 heavy (non-hydrogen) atoms. The number of hydrogen-bond donors (Lipinski definition) is 1. The lowest BCUT2D eigenvalue weighted by atomic mass is 10.1. The van der Waals surface area contributed by atoms with Crippen LogP contribution >= 0.6 is 0 Å². The second-order valence-corrected chi connectivity index (χ2v) is 12.8. The van der Waals surface area contributed by atoms with E-state index in [0.29, 0.717) is 6.61 Å². The Bertz CT molecular complexity index is 659. The van der Waals surface area contributed by atoms with Gasteiger partial charge in [0.05, 0.1) is 12.7 Å². The third-order valence-corrected chi connectivity index (χ3v) is 9.52. The minimum Gasteiger partial charge on any atom is -0.414 e. The molecule has 6 nitrogen and oxygen atoms in total. The molecule has 1 aliphatic heterocycles. The Labute approximate surface area is 138 Å². The first-order valence-electron chi connectivity index (χ1n) is 8.12. The van der Waals surface area contributed by atoms with Crippen LogP contribution in [0.25, 0.3) is 0 Å². The summed E-state index contributed by atoms with van der Waals surface area (Å²) in [6, 6.07) is 1.34. The highest BCUT2D eigenvalue weighted by Crippen LogP contribution is 2.38. The molecule has 1 aromatic heterocycles. The van der Waals surface area contributed by atoms with Gasteiger partial charge in [-0.1, -0.05) is 27.7 Å². The lowest BCUT2D eigenvalue weighted by Crippen LogP contribution is -2.42. The number of rotatable bonds is 4. The van der Waals surface area contributed by atoms with Crippen molar-refractivity contribution >= 4 is 8.32 Å². The molecule has 0 spiro atoms. The Morgan fingerprint density at radius 1 is 1.39 bits per heavy atom. The molecule has 2 rings (SSSR count). The molecule has 0 saturated carbocycles. The van der Waals surface area contributed by atoms with E-state index in [-0.39, 0.29) is 23.3 Å². The van der Waals surface area contributed by atoms with Crippen molar-refractivity contribution in [2.24, 2.45) is 5.92 Å². The van der Waals surface area contributed by atoms with Crippen LogP contribution in [0.2, 0.25) is 18.1 Å². The minimum atomic E-state index is -1.81. The van der Waals surface area contributed by atoms with Gasteiger partial charge in [-0.3, -0.25) is 14.3 Å². The molecule has 7 heteroatoms. The summed E-state index contributed by atoms with van der Waals surface area (Å²) in [6.07, 6.45) is 1.96. The van der Waals surface area contributed by atoms with E-state index >= 15 is 0 Å². The number of aromatic amines is 1. The predicted octanol–water partition coefficient (Wildman–Crippen LogP) is 2.48. The third-order valence-electron chi connectivity index (χ3n) is 5.01. The maximum atomic E-state index is 11.9. The smallest absolute Gasteiger partial charge is 0.330 e. The summed E-state index contributed by atoms with van der Waals surface area (Å²) in [5.74, 6) is 0.187. The Morgan fingerprint density at radius 3 is 2.61 bits per heavy atom. The van der Waals surface area contributed by atoms with Crippen molar-refractivity contribution in [2.45, 2.75) is 64.6 Å². The summed E-state index contributed by atoms with van der Waals surface area (Å²) in [7, 11) is -1.81. The molecule has 2 heterocycles. The second-order valence-electron chi connectivity index (χ2n) is 7.95. The van der Waals surface area contributed by atoms with Crippen molar-refractivity contribution in [1.82, 2.24) is 9.55 Å². The molecule has 1 saturated heterocycles. The maximum Gasteiger partial charge on any atom is 0.330 e. The molecule has 0 amide bonds. The fourth-order valence-corrected chi connectivity index (χ4v) is 3.55. The Kier molecular flexibility index (Phi) is 5.03. The molecule has 0 aliphatic carbocycles. The van der Waals surface area contributed by atoms with E-state index in [0.717, 1.165) is 6.42 Å². The van der Waals surface area contributed by atoms with Crippen molar-refractivity contribution < 1.29 is 9.16 Å². The van der Waals surface area contributed by atoms with Crippen LogP contribution in [0.5, 0.6) is 0 Å². The van der Waals surface area contributed by atoms with E-state index in [4.69, 9.17) is 9.16 Å². The maximum absolute atomic E-state index is 11.9. The summed E-state index contributed by atoms with van der Waals surface area (Å²) < 4.78 is 13.7. The highest BCUT2D eigenvalue weighted by molar-refractivity contribution is 6.74. The normalized spacial score (nSPS) is 25.7. The largest absolute Gasteiger partial charge is 0.414 e. The van der Waals surface area contributed by atoms with E-state index in [2.05, 4.69) is 45.8 Å². The Hall–Kier alpha value is -1.18. The van der Waals surface area contributed by atoms with E-state index < -0.39 is 19.6 Å². The average molecular weight is 340 g/mol. The number of ether oxygens (including phenoxy) is 1. The van der Waals surface area contributed by atoms with Crippen LogP contribution in [-0.2, 0) is 9.16 Å². The van der Waals surface area contributed by atoms with Crippen LogP contribution in [-0.4, -0.2) is 30.6 Å². The summed E-state index contributed by atoms with van der Waals surface area (Å²) >= 11 is 0. The molecule has 0 unspecified atom stereocenters. The second kappa shape index (κ2) is 6.37. The van der Waals surface area contributed by atoms with E-state index in [1.54, 1.807) is 0 Å². The van der Waals surface area contributed by atoms with Gasteiger partial charge in [-0.05, 0) is 24.6 Å². The quantitative estimate of drug-likeness (QED) is 0.855. The number of nitrogens with zero attached hydrogens (tertiary/aromatic N) is 1. The average Bonchev–Trinajstić information content (AvgIpc) is 2.76. The topological polar surface area (TPSA) is 73.3 Å². The molecule has 130 valence electrons. The van der Waals surface area contributed by atoms with E-state index in [9.17, 15) is 9.59 Å². The van der Waals surface area contributed by atoms with Gasteiger partial charge in [0.2, 0.25) is 0 Å². The van der Waals surface area contributed by atoms with Gasteiger partial charge < -0.3 is 9.16 Å². The highest BCUT2D eigenvalue weighted by atomic mass is 28.4. The molecule has 1 N–H and O–H groups in total. The number of aromatic nitrogens is 2. The monoisotopic (exact) mass is 340 g/mol. The van der Waals surface area contributed by atoms with Gasteiger partial charge in [-0.2, -0.15) is 0 Å². The van der Waals surface area contributed by atoms with Crippen LogP contribution in [0.4, 0.5) is 0 Å². The van der Waals surface area contributed by atoms with Crippen molar-refractivity contribution in [3.63, 3.8) is 0 Å². The number of nitrogens with one attached hydrogen (secondary N) is 1. The molecule has 1 aliphatic rings. The molecule has 0 aromatic carbocycles. The van der Waals surface area contributed by atoms with E-state index in [1.165, 1.54) is 16.8 Å². The van der Waals surface area contributed by atoms with Crippen molar-refractivity contribution in [1.29, 1.82) is 0 Å². The molecule has 0 radical (unpaired) electrons. The standard InChI is InChI=1S/C16H28N2O4Si/c1-11-9-12(10-21-23(5,6)16(2,3)4)22-14(11)18-8-7-13(19)17-15(18)20/h7-8,11-12,14H,9-10H2,1-6H3,(H,17,19,20)/t11-,12+,14-/m1/s1. The molecule has 3 atom stereocenters. The summed E-state index contributed by atoms with van der Waals surface area (Å²) in [4.78, 5) is 25.4. The molecular formula is C16H28N2O4Si. The first kappa shape index (κ1) is 18.2. The zero-order valence-electron chi connectivity index (χ0n) is 14.9. The van der Waals surface area contributed by atoms with Crippen LogP contribution in [0, 0.1) is 5.92 Å². The van der Waals surface area contributed by atoms with Gasteiger partial charge in [0, 0.05) is 18.2 Å². The molecular weight excluding hydrogens is 312 g/mol. The van der Waals surface area contributed by atoms with Gasteiger partial charge in [0.15, 0.2) is 8.32 Å². The van der Waals surface area contributed by atoms with E-state index in [1.807, 2.05) is 0 Å². The van der Waals surface area contributed by atoms with Crippen molar-refractivity contribution in [2.75, 3.05) is 6.61 Å². The van der Waals surface area contributed by atoms with Crippen molar-refractivity contribution in [3.8, 4) is 0 Å². The van der Waals surface area contributed by atoms with Gasteiger partial charge in [-0.15, -0.1) is 0 Å². The Morgan fingerprint density at radius 2 is 2.04 bits per heavy atom. The predicted molar refractivity (Wildman–Crippen MR) is 92.2 cm³/mol. The Balaban J connectivity index is 2.04. The van der Waals surface area contributed by atoms with Gasteiger partial charge in [0.25, 0.3) is 5.56 Å². The van der Waals surface area contributed by atoms with Gasteiger partial charge in [-0.25, -0.2) is 4.79 Å². The van der Waals surface area contributed by atoms with Crippen LogP contribution < -0.4 is 11.2 Å². The number of H-pyrrole nitrogens is 1. The summed E-state index contributed by atoms with van der Waals surface area (Å²) in [6.45, 7) is 13.7. The zero-order chi connectivity index (χ0) is 17.4. The molecule has 0 bridgehead atoms. The van der Waals surface area contributed by atoms with Gasteiger partial charge >= 0.3 is 5.69 Å². The number of hydrogen-bond acceptors (Lipinski definition) is 4. The first-order chi connectivity index (χ1) is 10.5. The third kappa shape index (κ3) is 4.02. The highest BCUT2D eigenvalue weighted by Gasteiger charge is 2.40. The lowest BCUT2D eigenvalue weighted by molar-refractivity contribution is -0.0315. The lowest BCUT2D eigenvalue weighted by Gasteiger charge is -2.36. The molecule has 1 fully saturated rings. The summed E-state index contributed by atoms with van der Waals surface area (Å²) in [5.41, 5.74) is -0.824. The van der Waals surface area contributed by atoms with Crippen LogP contribution in [0.15, 0.2) is 21.9 Å². The SMILES string of the molecule is C[C@@H]1C[C@@H](CO[Si](C)(C)C(C)(C)C)O[C@H]1n1ccc(=O)[nH]c1=O. The molecule has 1 aromatic rings. The van der Waals surface area contributed by atoms with Crippen molar-refractivity contribution in [3.05, 3.63) is 33.1 Å². The van der Waals surface area contributed by atoms with Crippen LogP contribution in [0.3, 0.4) is 0 Å². The van der Waals surface area contributed by atoms with Crippen LogP contribution in [0.1, 0.15) is 40.3 Å². The first-order valence-corrected chi connectivity index (χ1v) is 11.0. The minimum absolute atomic E-state index is 0.0250. The van der Waals surface area contributed by atoms with Gasteiger partial charge in [0.1, 0.15) is 6.23 Å². The fraction of sp³-hybridized carbons (Fsp3) is 0.750. The fourth-order valence-electron chi connectivity index (χ4n) is 2.51.